The SMILES string of the molecule is CCOc1ncccc1C(=O)NCCc1cc(F)cc2c1OCOC2. The molecule has 1 N–H and O–H groups in total. The molecule has 132 valence electrons. The number of halogens is 1. The van der Waals surface area contributed by atoms with Gasteiger partial charge in [0.15, 0.2) is 6.79 Å². The molecule has 0 atom stereocenters. The van der Waals surface area contributed by atoms with Crippen molar-refractivity contribution in [2.45, 2.75) is 20.0 Å². The molecule has 1 aromatic heterocycles. The van der Waals surface area contributed by atoms with Gasteiger partial charge in [-0.25, -0.2) is 9.37 Å². The van der Waals surface area contributed by atoms with Gasteiger partial charge < -0.3 is 19.5 Å². The van der Waals surface area contributed by atoms with Crippen LogP contribution in [0.5, 0.6) is 11.6 Å². The van der Waals surface area contributed by atoms with Gasteiger partial charge in [0, 0.05) is 18.3 Å². The summed E-state index contributed by atoms with van der Waals surface area (Å²) >= 11 is 0. The zero-order valence-electron chi connectivity index (χ0n) is 13.9. The van der Waals surface area contributed by atoms with E-state index < -0.39 is 0 Å². The highest BCUT2D eigenvalue weighted by Crippen LogP contribution is 2.29. The predicted molar refractivity (Wildman–Crippen MR) is 88.1 cm³/mol. The standard InChI is InChI=1S/C18H19FN2O4/c1-2-24-18-15(4-3-6-21-18)17(22)20-7-5-12-8-14(19)9-13-10-23-11-25-16(12)13/h3-4,6,8-9H,2,5,7,10-11H2,1H3,(H,20,22). The van der Waals surface area contributed by atoms with Crippen molar-refractivity contribution in [2.75, 3.05) is 19.9 Å². The molecule has 1 aliphatic rings. The monoisotopic (exact) mass is 346 g/mol. The summed E-state index contributed by atoms with van der Waals surface area (Å²) in [4.78, 5) is 16.4. The molecule has 0 aliphatic carbocycles. The number of pyridine rings is 1. The molecule has 0 bridgehead atoms. The molecular weight excluding hydrogens is 327 g/mol. The van der Waals surface area contributed by atoms with Gasteiger partial charge in [-0.3, -0.25) is 4.79 Å². The van der Waals surface area contributed by atoms with Crippen LogP contribution in [0.4, 0.5) is 4.39 Å². The first-order valence-corrected chi connectivity index (χ1v) is 8.07. The van der Waals surface area contributed by atoms with Crippen molar-refractivity contribution < 1.29 is 23.4 Å². The predicted octanol–water partition coefficient (Wildman–Crippen LogP) is 2.46. The lowest BCUT2D eigenvalue weighted by molar-refractivity contribution is -0.0172. The van der Waals surface area contributed by atoms with Crippen LogP contribution < -0.4 is 14.8 Å². The van der Waals surface area contributed by atoms with Crippen LogP contribution in [0.15, 0.2) is 30.5 Å². The second kappa shape index (κ2) is 7.94. The molecular formula is C18H19FN2O4. The molecule has 0 spiro atoms. The molecule has 1 aliphatic heterocycles. The Morgan fingerprint density at radius 1 is 1.44 bits per heavy atom. The summed E-state index contributed by atoms with van der Waals surface area (Å²) in [5.74, 6) is 0.301. The van der Waals surface area contributed by atoms with Crippen LogP contribution in [0.3, 0.4) is 0 Å². The normalized spacial score (nSPS) is 12.9. The number of aromatic nitrogens is 1. The minimum Gasteiger partial charge on any atom is -0.477 e. The zero-order chi connectivity index (χ0) is 17.6. The largest absolute Gasteiger partial charge is 0.477 e. The molecule has 2 heterocycles. The molecule has 25 heavy (non-hydrogen) atoms. The van der Waals surface area contributed by atoms with Crippen molar-refractivity contribution in [1.82, 2.24) is 10.3 Å². The molecule has 2 aromatic rings. The molecule has 1 amide bonds. The molecule has 7 heteroatoms. The summed E-state index contributed by atoms with van der Waals surface area (Å²) in [6.07, 6.45) is 2.01. The van der Waals surface area contributed by atoms with Crippen LogP contribution in [-0.2, 0) is 17.8 Å². The lowest BCUT2D eigenvalue weighted by atomic mass is 10.1. The Kier molecular flexibility index (Phi) is 5.45. The van der Waals surface area contributed by atoms with E-state index >= 15 is 0 Å². The molecule has 0 saturated carbocycles. The Balaban J connectivity index is 1.66. The summed E-state index contributed by atoms with van der Waals surface area (Å²) in [6.45, 7) is 3.05. The second-order valence-corrected chi connectivity index (χ2v) is 5.46. The van der Waals surface area contributed by atoms with E-state index in [2.05, 4.69) is 10.3 Å². The molecule has 0 radical (unpaired) electrons. The Hall–Kier alpha value is -2.67. The summed E-state index contributed by atoms with van der Waals surface area (Å²) in [5, 5.41) is 2.80. The third-order valence-electron chi connectivity index (χ3n) is 3.73. The third kappa shape index (κ3) is 4.06. The topological polar surface area (TPSA) is 69.7 Å². The first-order chi connectivity index (χ1) is 12.2. The van der Waals surface area contributed by atoms with E-state index in [0.717, 1.165) is 0 Å². The maximum absolute atomic E-state index is 13.7. The molecule has 0 fully saturated rings. The fourth-order valence-electron chi connectivity index (χ4n) is 2.66. The van der Waals surface area contributed by atoms with Crippen LogP contribution in [0, 0.1) is 5.82 Å². The summed E-state index contributed by atoms with van der Waals surface area (Å²) in [6, 6.07) is 6.15. The van der Waals surface area contributed by atoms with Crippen LogP contribution in [0.2, 0.25) is 0 Å². The van der Waals surface area contributed by atoms with E-state index in [9.17, 15) is 9.18 Å². The van der Waals surface area contributed by atoms with Crippen LogP contribution in [0.1, 0.15) is 28.4 Å². The summed E-state index contributed by atoms with van der Waals surface area (Å²) in [5.41, 5.74) is 1.75. The van der Waals surface area contributed by atoms with Gasteiger partial charge in [0.2, 0.25) is 5.88 Å². The van der Waals surface area contributed by atoms with E-state index in [1.54, 1.807) is 18.3 Å². The number of carbonyl (C=O) groups is 1. The Labute approximate surface area is 144 Å². The summed E-state index contributed by atoms with van der Waals surface area (Å²) in [7, 11) is 0. The smallest absolute Gasteiger partial charge is 0.256 e. The lowest BCUT2D eigenvalue weighted by Crippen LogP contribution is -2.27. The van der Waals surface area contributed by atoms with Crippen LogP contribution in [-0.4, -0.2) is 30.8 Å². The number of ether oxygens (including phenoxy) is 3. The number of rotatable bonds is 6. The number of nitrogens with zero attached hydrogens (tertiary/aromatic N) is 1. The van der Waals surface area contributed by atoms with E-state index in [1.807, 2.05) is 6.92 Å². The lowest BCUT2D eigenvalue weighted by Gasteiger charge is -2.21. The average Bonchev–Trinajstić information content (AvgIpc) is 2.62. The van der Waals surface area contributed by atoms with Gasteiger partial charge in [-0.2, -0.15) is 0 Å². The van der Waals surface area contributed by atoms with Crippen LogP contribution >= 0.6 is 0 Å². The van der Waals surface area contributed by atoms with Gasteiger partial charge in [0.25, 0.3) is 5.91 Å². The first kappa shape index (κ1) is 17.2. The number of hydrogen-bond donors (Lipinski definition) is 1. The van der Waals surface area contributed by atoms with Gasteiger partial charge in [0.05, 0.1) is 13.2 Å². The minimum atomic E-state index is -0.347. The average molecular weight is 346 g/mol. The van der Waals surface area contributed by atoms with Crippen molar-refractivity contribution >= 4 is 5.91 Å². The highest BCUT2D eigenvalue weighted by atomic mass is 19.1. The van der Waals surface area contributed by atoms with Crippen molar-refractivity contribution in [1.29, 1.82) is 0 Å². The van der Waals surface area contributed by atoms with Crippen molar-refractivity contribution in [3.8, 4) is 11.6 Å². The number of carbonyl (C=O) groups excluding carboxylic acids is 1. The van der Waals surface area contributed by atoms with E-state index in [0.29, 0.717) is 54.5 Å². The minimum absolute atomic E-state index is 0.144. The fraction of sp³-hybridized carbons (Fsp3) is 0.333. The maximum atomic E-state index is 13.7. The van der Waals surface area contributed by atoms with Gasteiger partial charge in [-0.05, 0) is 43.2 Å². The number of hydrogen-bond acceptors (Lipinski definition) is 5. The van der Waals surface area contributed by atoms with Gasteiger partial charge in [-0.1, -0.05) is 0 Å². The van der Waals surface area contributed by atoms with E-state index in [-0.39, 0.29) is 18.5 Å². The van der Waals surface area contributed by atoms with Gasteiger partial charge >= 0.3 is 0 Å². The fourth-order valence-corrected chi connectivity index (χ4v) is 2.66. The Morgan fingerprint density at radius 2 is 2.32 bits per heavy atom. The Bertz CT molecular complexity index is 767. The van der Waals surface area contributed by atoms with Gasteiger partial charge in [0.1, 0.15) is 17.1 Å². The zero-order valence-corrected chi connectivity index (χ0v) is 13.9. The first-order valence-electron chi connectivity index (χ1n) is 8.07. The number of fused-ring (bicyclic) bond motifs is 1. The maximum Gasteiger partial charge on any atom is 0.256 e. The number of benzene rings is 1. The van der Waals surface area contributed by atoms with Crippen molar-refractivity contribution in [2.24, 2.45) is 0 Å². The highest BCUT2D eigenvalue weighted by Gasteiger charge is 2.18. The quantitative estimate of drug-likeness (QED) is 0.870. The summed E-state index contributed by atoms with van der Waals surface area (Å²) < 4.78 is 29.7. The van der Waals surface area contributed by atoms with Crippen molar-refractivity contribution in [3.63, 3.8) is 0 Å². The van der Waals surface area contributed by atoms with E-state index in [4.69, 9.17) is 14.2 Å². The molecule has 6 nitrogen and oxygen atoms in total. The highest BCUT2D eigenvalue weighted by molar-refractivity contribution is 5.96. The van der Waals surface area contributed by atoms with E-state index in [1.165, 1.54) is 12.1 Å². The second-order valence-electron chi connectivity index (χ2n) is 5.46. The van der Waals surface area contributed by atoms with Crippen molar-refractivity contribution in [3.05, 3.63) is 53.0 Å². The molecule has 0 saturated heterocycles. The van der Waals surface area contributed by atoms with Crippen LogP contribution in [0.25, 0.3) is 0 Å². The number of amides is 1. The Morgan fingerprint density at radius 3 is 3.16 bits per heavy atom. The molecule has 0 unspecified atom stereocenters. The third-order valence-corrected chi connectivity index (χ3v) is 3.73. The molecule has 1 aromatic carbocycles. The van der Waals surface area contributed by atoms with Gasteiger partial charge in [-0.15, -0.1) is 0 Å². The number of nitrogens with one attached hydrogen (secondary N) is 1. The molecule has 3 rings (SSSR count).